The number of hydrogen-bond donors (Lipinski definition) is 4. The van der Waals surface area contributed by atoms with Crippen LogP contribution < -0.4 is 20.1 Å². The van der Waals surface area contributed by atoms with Crippen LogP contribution in [0.4, 0.5) is 0 Å². The van der Waals surface area contributed by atoms with Gasteiger partial charge in [0.15, 0.2) is 0 Å². The molecule has 53 heavy (non-hydrogen) atoms. The van der Waals surface area contributed by atoms with Crippen molar-refractivity contribution >= 4 is 11.8 Å². The number of hydroxylamine groups is 2. The third-order valence-corrected chi connectivity index (χ3v) is 12.4. The van der Waals surface area contributed by atoms with Crippen LogP contribution in [0, 0.1) is 40.9 Å². The first-order valence-corrected chi connectivity index (χ1v) is 19.4. The van der Waals surface area contributed by atoms with Crippen LogP contribution in [0.5, 0.6) is 11.5 Å². The number of rotatable bonds is 16. The number of methoxy groups -OCH3 is 2. The number of carbonyl (C=O) groups excluding carboxylic acids is 2. The number of fused-ring (bicyclic) bond motifs is 2. The first-order valence-electron chi connectivity index (χ1n) is 19.4. The Labute approximate surface area is 316 Å². The average molecular weight is 737 g/mol. The molecule has 4 fully saturated rings. The number of nitrogens with zero attached hydrogens (tertiary/aromatic N) is 2. The summed E-state index contributed by atoms with van der Waals surface area (Å²) in [6, 6.07) is 10.3. The molecule has 294 valence electrons. The van der Waals surface area contributed by atoms with Crippen molar-refractivity contribution in [2.24, 2.45) is 40.9 Å². The lowest BCUT2D eigenvalue weighted by molar-refractivity contribution is -0.183. The Bertz CT molecular complexity index is 1570. The van der Waals surface area contributed by atoms with E-state index in [9.17, 15) is 19.8 Å². The van der Waals surface area contributed by atoms with Crippen molar-refractivity contribution in [1.29, 1.82) is 0 Å². The molecule has 1 aliphatic heterocycles. The number of ether oxygens (including phenoxy) is 2. The summed E-state index contributed by atoms with van der Waals surface area (Å²) in [6.45, 7) is 14.2. The fraction of sp³-hybridized carbons (Fsp3) is 0.667. The quantitative estimate of drug-likeness (QED) is 0.188. The molecule has 9 atom stereocenters. The highest BCUT2D eigenvalue weighted by Gasteiger charge is 2.57. The van der Waals surface area contributed by atoms with E-state index in [2.05, 4.69) is 50.2 Å². The number of carbonyl (C=O) groups is 2. The van der Waals surface area contributed by atoms with E-state index in [1.165, 1.54) is 6.42 Å². The molecule has 0 unspecified atom stereocenters. The van der Waals surface area contributed by atoms with Gasteiger partial charge in [0.1, 0.15) is 23.6 Å². The Kier molecular flexibility index (Phi) is 13.2. The summed E-state index contributed by atoms with van der Waals surface area (Å²) in [7, 11) is 7.28. The maximum atomic E-state index is 14.2. The Morgan fingerprint density at radius 2 is 1.81 bits per heavy atom. The second-order valence-electron chi connectivity index (χ2n) is 17.1. The molecule has 1 saturated heterocycles. The van der Waals surface area contributed by atoms with Gasteiger partial charge < -0.3 is 35.2 Å². The lowest BCUT2D eigenvalue weighted by atomic mass is 9.45. The molecular formula is C42H64N4O7. The largest absolute Gasteiger partial charge is 0.496 e. The fourth-order valence-corrected chi connectivity index (χ4v) is 9.62. The van der Waals surface area contributed by atoms with Gasteiger partial charge in [-0.15, -0.1) is 0 Å². The number of amides is 2. The van der Waals surface area contributed by atoms with E-state index >= 15 is 0 Å². The van der Waals surface area contributed by atoms with Gasteiger partial charge in [0.25, 0.3) is 5.91 Å². The molecule has 11 heteroatoms. The highest BCUT2D eigenvalue weighted by atomic mass is 16.7. The zero-order valence-corrected chi connectivity index (χ0v) is 33.5. The molecule has 6 rings (SSSR count). The predicted octanol–water partition coefficient (Wildman–Crippen LogP) is 4.99. The number of aliphatic hydroxyl groups is 2. The summed E-state index contributed by atoms with van der Waals surface area (Å²) in [5, 5.41) is 29.4. The Hall–Kier alpha value is -3.22. The van der Waals surface area contributed by atoms with Gasteiger partial charge in [-0.1, -0.05) is 52.8 Å². The summed E-state index contributed by atoms with van der Waals surface area (Å²) < 4.78 is 11.8. The Morgan fingerprint density at radius 1 is 1.08 bits per heavy atom. The molecule has 4 aliphatic rings. The number of aliphatic hydroxyl groups excluding tert-OH is 2. The van der Waals surface area contributed by atoms with E-state index in [-0.39, 0.29) is 36.4 Å². The van der Waals surface area contributed by atoms with E-state index in [0.717, 1.165) is 24.9 Å². The number of nitrogens with one attached hydrogen (secondary N) is 2. The van der Waals surface area contributed by atoms with Gasteiger partial charge in [-0.3, -0.25) is 14.4 Å². The van der Waals surface area contributed by atoms with Crippen LogP contribution in [0.2, 0.25) is 0 Å². The zero-order valence-electron chi connectivity index (χ0n) is 33.5. The van der Waals surface area contributed by atoms with Gasteiger partial charge in [0.05, 0.1) is 33.5 Å². The molecule has 2 bridgehead atoms. The first-order chi connectivity index (χ1) is 25.1. The number of hydrogen-bond acceptors (Lipinski definition) is 9. The van der Waals surface area contributed by atoms with E-state index in [4.69, 9.17) is 14.3 Å². The highest BCUT2D eigenvalue weighted by Crippen LogP contribution is 2.61. The molecule has 11 nitrogen and oxygen atoms in total. The third-order valence-electron chi connectivity index (χ3n) is 12.4. The fourth-order valence-electron chi connectivity index (χ4n) is 9.62. The standard InChI is InChI=1S/C42H64N4O7/c1-24(2)16-27(21-45(7)8)20-43-40(49)28-14-15-35(51-9)32(17-28)31-13-11-12-29(39(31)52-10)22-46-38(37(26(4)48)36(23-47)53-46)41(50)44-34-19-30-18-33(25(34)3)42(30,5)6/h11-15,17,24-27,30,33-34,36-38,47-48H,16,18-23H2,1-10H3,(H,43,49)(H,44,50)/t25-,26-,27+,30+,33-,34-,36-,37-,38-/m0/s1. The molecule has 0 spiro atoms. The highest BCUT2D eigenvalue weighted by molar-refractivity contribution is 5.96. The maximum Gasteiger partial charge on any atom is 0.251 e. The molecule has 2 amide bonds. The van der Waals surface area contributed by atoms with E-state index in [1.54, 1.807) is 38.3 Å². The lowest BCUT2D eigenvalue weighted by Crippen LogP contribution is -2.62. The summed E-state index contributed by atoms with van der Waals surface area (Å²) in [6.07, 6.45) is 1.47. The smallest absolute Gasteiger partial charge is 0.251 e. The lowest BCUT2D eigenvalue weighted by Gasteiger charge is -2.62. The second-order valence-corrected chi connectivity index (χ2v) is 17.1. The maximum absolute atomic E-state index is 14.2. The molecule has 2 aromatic carbocycles. The second kappa shape index (κ2) is 17.1. The van der Waals surface area contributed by atoms with Crippen molar-refractivity contribution in [1.82, 2.24) is 20.6 Å². The molecule has 3 saturated carbocycles. The van der Waals surface area contributed by atoms with Crippen molar-refractivity contribution in [3.63, 3.8) is 0 Å². The molecule has 4 N–H and O–H groups in total. The van der Waals surface area contributed by atoms with Crippen molar-refractivity contribution in [3.05, 3.63) is 47.5 Å². The van der Waals surface area contributed by atoms with E-state index in [0.29, 0.717) is 64.3 Å². The number of benzene rings is 2. The molecule has 0 radical (unpaired) electrons. The van der Waals surface area contributed by atoms with Crippen molar-refractivity contribution in [2.75, 3.05) is 48.0 Å². The molecule has 2 aromatic rings. The summed E-state index contributed by atoms with van der Waals surface area (Å²) in [4.78, 5) is 36.2. The topological polar surface area (TPSA) is 133 Å². The van der Waals surface area contributed by atoms with Gasteiger partial charge in [-0.25, -0.2) is 0 Å². The molecule has 0 aromatic heterocycles. The van der Waals surface area contributed by atoms with Crippen LogP contribution in [0.3, 0.4) is 0 Å². The summed E-state index contributed by atoms with van der Waals surface area (Å²) >= 11 is 0. The van der Waals surface area contributed by atoms with Crippen molar-refractivity contribution in [2.45, 2.75) is 91.6 Å². The normalized spacial score (nSPS) is 27.6. The Balaban J connectivity index is 1.41. The van der Waals surface area contributed by atoms with Gasteiger partial charge in [-0.2, -0.15) is 5.06 Å². The summed E-state index contributed by atoms with van der Waals surface area (Å²) in [5.74, 6) is 2.40. The SMILES string of the molecule is COc1ccc(C(=O)NC[C@@H](CC(C)C)CN(C)C)cc1-c1cccc(CN2O[C@@H](CO)[C@H]([C@H](C)O)[C@H]2C(=O)N[C@H]2C[C@H]3C[C@@H]([C@@H]2C)C3(C)C)c1OC. The van der Waals surface area contributed by atoms with Crippen LogP contribution in [-0.4, -0.2) is 104 Å². The van der Waals surface area contributed by atoms with Crippen LogP contribution in [0.25, 0.3) is 11.1 Å². The van der Waals surface area contributed by atoms with E-state index in [1.807, 2.05) is 38.4 Å². The minimum Gasteiger partial charge on any atom is -0.496 e. The Morgan fingerprint density at radius 3 is 2.40 bits per heavy atom. The van der Waals surface area contributed by atoms with Crippen LogP contribution in [-0.2, 0) is 16.2 Å². The van der Waals surface area contributed by atoms with Gasteiger partial charge >= 0.3 is 0 Å². The third kappa shape index (κ3) is 8.70. The molecule has 1 heterocycles. The van der Waals surface area contributed by atoms with Crippen molar-refractivity contribution in [3.8, 4) is 22.6 Å². The van der Waals surface area contributed by atoms with Crippen LogP contribution >= 0.6 is 0 Å². The molecule has 3 aliphatic carbocycles. The van der Waals surface area contributed by atoms with Crippen LogP contribution in [0.1, 0.15) is 76.7 Å². The van der Waals surface area contributed by atoms with Crippen molar-refractivity contribution < 1.29 is 34.1 Å². The van der Waals surface area contributed by atoms with E-state index < -0.39 is 24.2 Å². The van der Waals surface area contributed by atoms with Gasteiger partial charge in [-0.05, 0) is 93.5 Å². The number of para-hydroxylation sites is 1. The van der Waals surface area contributed by atoms with Gasteiger partial charge in [0.2, 0.25) is 5.91 Å². The monoisotopic (exact) mass is 736 g/mol. The molecular weight excluding hydrogens is 672 g/mol. The minimum atomic E-state index is -0.904. The average Bonchev–Trinajstić information content (AvgIpc) is 3.48. The minimum absolute atomic E-state index is 0.0350. The van der Waals surface area contributed by atoms with Crippen LogP contribution in [0.15, 0.2) is 36.4 Å². The first kappa shape index (κ1) is 41.0. The summed E-state index contributed by atoms with van der Waals surface area (Å²) in [5.41, 5.74) is 2.92. The predicted molar refractivity (Wildman–Crippen MR) is 206 cm³/mol. The van der Waals surface area contributed by atoms with Gasteiger partial charge in [0, 0.05) is 47.3 Å². The zero-order chi connectivity index (χ0) is 38.8.